The molecule has 2 fully saturated rings. The van der Waals surface area contributed by atoms with E-state index in [1.807, 2.05) is 23.1 Å². The molecule has 2 heterocycles. The quantitative estimate of drug-likeness (QED) is 0.666. The number of amides is 2. The summed E-state index contributed by atoms with van der Waals surface area (Å²) in [7, 11) is 0. The number of fused-ring (bicyclic) bond motifs is 2. The number of carbonyl (C=O) groups excluding carboxylic acids is 2. The zero-order chi connectivity index (χ0) is 20.9. The van der Waals surface area contributed by atoms with Crippen LogP contribution in [-0.2, 0) is 9.59 Å². The fourth-order valence-electron chi connectivity index (χ4n) is 5.66. The molecular weight excluding hydrogens is 384 g/mol. The van der Waals surface area contributed by atoms with Crippen LogP contribution in [0.5, 0.6) is 0 Å². The fourth-order valence-corrected chi connectivity index (χ4v) is 5.66. The van der Waals surface area contributed by atoms with Crippen LogP contribution in [0.3, 0.4) is 0 Å². The number of likely N-dealkylation sites (tertiary alicyclic amines) is 1. The molecule has 3 unspecified atom stereocenters. The van der Waals surface area contributed by atoms with E-state index in [4.69, 9.17) is 0 Å². The van der Waals surface area contributed by atoms with Crippen molar-refractivity contribution in [2.75, 3.05) is 18.4 Å². The molecule has 0 bridgehead atoms. The minimum Gasteiger partial charge on any atom is -0.342 e. The van der Waals surface area contributed by atoms with E-state index in [9.17, 15) is 9.59 Å². The zero-order valence-electron chi connectivity index (χ0n) is 17.5. The van der Waals surface area contributed by atoms with Crippen molar-refractivity contribution < 1.29 is 9.59 Å². The van der Waals surface area contributed by atoms with E-state index in [1.54, 1.807) is 0 Å². The van der Waals surface area contributed by atoms with Gasteiger partial charge in [-0.15, -0.1) is 0 Å². The number of benzene rings is 3. The molecule has 0 radical (unpaired) electrons. The highest BCUT2D eigenvalue weighted by Gasteiger charge is 2.47. The molecule has 1 saturated heterocycles. The lowest BCUT2D eigenvalue weighted by Gasteiger charge is -2.34. The van der Waals surface area contributed by atoms with E-state index in [-0.39, 0.29) is 17.7 Å². The summed E-state index contributed by atoms with van der Waals surface area (Å²) in [4.78, 5) is 27.8. The third-order valence-corrected chi connectivity index (χ3v) is 7.47. The lowest BCUT2D eigenvalue weighted by atomic mass is 9.80. The first-order chi connectivity index (χ1) is 15.2. The normalized spacial score (nSPS) is 25.4. The average Bonchev–Trinajstić information content (AvgIpc) is 3.54. The molecule has 156 valence electrons. The van der Waals surface area contributed by atoms with Gasteiger partial charge in [0.1, 0.15) is 0 Å². The zero-order valence-corrected chi connectivity index (χ0v) is 17.5. The average molecular weight is 411 g/mol. The van der Waals surface area contributed by atoms with Crippen molar-refractivity contribution in [3.05, 3.63) is 77.9 Å². The lowest BCUT2D eigenvalue weighted by Crippen LogP contribution is -2.41. The van der Waals surface area contributed by atoms with E-state index in [0.29, 0.717) is 17.7 Å². The van der Waals surface area contributed by atoms with Gasteiger partial charge in [-0.25, -0.2) is 0 Å². The van der Waals surface area contributed by atoms with Crippen LogP contribution in [0, 0.1) is 11.8 Å². The summed E-state index contributed by atoms with van der Waals surface area (Å²) >= 11 is 0. The predicted octanol–water partition coefficient (Wildman–Crippen LogP) is 4.92. The molecular formula is C27H26N2O2. The maximum Gasteiger partial charge on any atom is 0.232 e. The van der Waals surface area contributed by atoms with Gasteiger partial charge in [0, 0.05) is 24.7 Å². The third kappa shape index (κ3) is 3.21. The summed E-state index contributed by atoms with van der Waals surface area (Å²) in [5, 5.41) is 5.51. The Labute approximate surface area is 182 Å². The molecule has 6 rings (SSSR count). The SMILES string of the molecule is O=C1Nc2ccccc2C1C1CCN(C(=O)C2CC2c2ccc3ccccc3c2)CC1. The minimum absolute atomic E-state index is 0.0697. The highest BCUT2D eigenvalue weighted by atomic mass is 16.2. The molecule has 2 aliphatic heterocycles. The molecule has 3 aromatic carbocycles. The van der Waals surface area contributed by atoms with Crippen LogP contribution < -0.4 is 5.32 Å². The Bertz CT molecular complexity index is 1180. The lowest BCUT2D eigenvalue weighted by molar-refractivity contribution is -0.134. The molecule has 1 aliphatic carbocycles. The number of nitrogens with zero attached hydrogens (tertiary/aromatic N) is 1. The molecule has 3 aliphatic rings. The summed E-state index contributed by atoms with van der Waals surface area (Å²) in [6, 6.07) is 23.0. The molecule has 4 heteroatoms. The summed E-state index contributed by atoms with van der Waals surface area (Å²) in [6.45, 7) is 1.52. The first-order valence-electron chi connectivity index (χ1n) is 11.4. The van der Waals surface area contributed by atoms with Crippen molar-refractivity contribution in [2.24, 2.45) is 11.8 Å². The van der Waals surface area contributed by atoms with Crippen molar-refractivity contribution in [3.63, 3.8) is 0 Å². The van der Waals surface area contributed by atoms with Gasteiger partial charge in [0.25, 0.3) is 0 Å². The second-order valence-corrected chi connectivity index (χ2v) is 9.27. The van der Waals surface area contributed by atoms with Gasteiger partial charge in [-0.1, -0.05) is 60.7 Å². The van der Waals surface area contributed by atoms with E-state index in [2.05, 4.69) is 53.8 Å². The third-order valence-electron chi connectivity index (χ3n) is 7.47. The molecule has 2 amide bonds. The molecule has 4 nitrogen and oxygen atoms in total. The van der Waals surface area contributed by atoms with E-state index < -0.39 is 0 Å². The van der Waals surface area contributed by atoms with E-state index >= 15 is 0 Å². The van der Waals surface area contributed by atoms with Crippen LogP contribution in [0.4, 0.5) is 5.69 Å². The Kier molecular flexibility index (Phi) is 4.34. The Balaban J connectivity index is 1.10. The van der Waals surface area contributed by atoms with Crippen LogP contribution in [0.1, 0.15) is 42.2 Å². The van der Waals surface area contributed by atoms with Gasteiger partial charge in [-0.2, -0.15) is 0 Å². The van der Waals surface area contributed by atoms with Gasteiger partial charge in [0.2, 0.25) is 11.8 Å². The van der Waals surface area contributed by atoms with Crippen molar-refractivity contribution in [1.29, 1.82) is 0 Å². The van der Waals surface area contributed by atoms with Crippen molar-refractivity contribution >= 4 is 28.3 Å². The number of para-hydroxylation sites is 1. The van der Waals surface area contributed by atoms with Crippen LogP contribution >= 0.6 is 0 Å². The smallest absolute Gasteiger partial charge is 0.232 e. The van der Waals surface area contributed by atoms with Gasteiger partial charge in [-0.05, 0) is 59.1 Å². The molecule has 3 atom stereocenters. The number of piperidine rings is 1. The molecule has 31 heavy (non-hydrogen) atoms. The first kappa shape index (κ1) is 18.6. The van der Waals surface area contributed by atoms with Crippen LogP contribution in [0.25, 0.3) is 10.8 Å². The maximum absolute atomic E-state index is 13.1. The summed E-state index contributed by atoms with van der Waals surface area (Å²) in [5.41, 5.74) is 3.36. The first-order valence-corrected chi connectivity index (χ1v) is 11.4. The number of hydrogen-bond acceptors (Lipinski definition) is 2. The maximum atomic E-state index is 13.1. The number of anilines is 1. The number of hydrogen-bond donors (Lipinski definition) is 1. The fraction of sp³-hybridized carbons (Fsp3) is 0.333. The topological polar surface area (TPSA) is 49.4 Å². The summed E-state index contributed by atoms with van der Waals surface area (Å²) < 4.78 is 0. The van der Waals surface area contributed by atoms with Gasteiger partial charge < -0.3 is 10.2 Å². The van der Waals surface area contributed by atoms with Gasteiger partial charge in [0.05, 0.1) is 5.92 Å². The van der Waals surface area contributed by atoms with E-state index in [1.165, 1.54) is 16.3 Å². The highest BCUT2D eigenvalue weighted by Crippen LogP contribution is 2.49. The second-order valence-electron chi connectivity index (χ2n) is 9.27. The highest BCUT2D eigenvalue weighted by molar-refractivity contribution is 6.03. The van der Waals surface area contributed by atoms with Gasteiger partial charge >= 0.3 is 0 Å². The molecule has 1 N–H and O–H groups in total. The van der Waals surface area contributed by atoms with E-state index in [0.717, 1.165) is 43.6 Å². The molecule has 1 saturated carbocycles. The Morgan fingerprint density at radius 1 is 0.903 bits per heavy atom. The van der Waals surface area contributed by atoms with Gasteiger partial charge in [-0.3, -0.25) is 9.59 Å². The standard InChI is InChI=1S/C27H26N2O2/c30-26-25(21-7-3-4-8-24(21)28-26)18-11-13-29(14-12-18)27(31)23-16-22(23)20-10-9-17-5-1-2-6-19(17)15-20/h1-10,15,18,22-23,25H,11-14,16H2,(H,28,30). The second kappa shape index (κ2) is 7.23. The summed E-state index contributed by atoms with van der Waals surface area (Å²) in [5.74, 6) is 1.12. The van der Waals surface area contributed by atoms with Crippen molar-refractivity contribution in [2.45, 2.75) is 31.1 Å². The molecule has 0 aromatic heterocycles. The largest absolute Gasteiger partial charge is 0.342 e. The monoisotopic (exact) mass is 410 g/mol. The van der Waals surface area contributed by atoms with Crippen molar-refractivity contribution in [3.8, 4) is 0 Å². The summed E-state index contributed by atoms with van der Waals surface area (Å²) in [6.07, 6.45) is 2.74. The molecule has 3 aromatic rings. The Morgan fingerprint density at radius 2 is 1.65 bits per heavy atom. The number of nitrogens with one attached hydrogen (secondary N) is 1. The minimum atomic E-state index is -0.0697. The Hall–Kier alpha value is -3.14. The Morgan fingerprint density at radius 3 is 2.48 bits per heavy atom. The van der Waals surface area contributed by atoms with Crippen LogP contribution in [0.15, 0.2) is 66.7 Å². The van der Waals surface area contributed by atoms with Crippen LogP contribution in [0.2, 0.25) is 0 Å². The van der Waals surface area contributed by atoms with Crippen LogP contribution in [-0.4, -0.2) is 29.8 Å². The van der Waals surface area contributed by atoms with Gasteiger partial charge in [0.15, 0.2) is 0 Å². The molecule has 0 spiro atoms. The van der Waals surface area contributed by atoms with Crippen molar-refractivity contribution in [1.82, 2.24) is 4.90 Å². The number of carbonyl (C=O) groups is 2. The number of rotatable bonds is 3. The predicted molar refractivity (Wildman–Crippen MR) is 122 cm³/mol.